The second-order valence-corrected chi connectivity index (χ2v) is 8.24. The molecule has 0 atom stereocenters. The lowest BCUT2D eigenvalue weighted by atomic mass is 10.1. The van der Waals surface area contributed by atoms with Crippen LogP contribution in [0.4, 0.5) is 0 Å². The molecule has 0 spiro atoms. The van der Waals surface area contributed by atoms with Crippen LogP contribution in [-0.2, 0) is 0 Å². The maximum Gasteiger partial charge on any atom is 0.180 e. The van der Waals surface area contributed by atoms with Gasteiger partial charge in [-0.25, -0.2) is 9.97 Å². The van der Waals surface area contributed by atoms with Crippen LogP contribution in [0, 0.1) is 13.8 Å². The van der Waals surface area contributed by atoms with E-state index >= 15 is 0 Å². The largest absolute Gasteiger partial charge is 0.226 e. The molecule has 0 unspecified atom stereocenters. The smallest absolute Gasteiger partial charge is 0.180 e. The Morgan fingerprint density at radius 1 is 1.00 bits per heavy atom. The molecule has 0 N–H and O–H groups in total. The van der Waals surface area contributed by atoms with E-state index in [2.05, 4.69) is 49.8 Å². The summed E-state index contributed by atoms with van der Waals surface area (Å²) in [6.07, 6.45) is 0. The van der Waals surface area contributed by atoms with E-state index in [4.69, 9.17) is 0 Å². The number of hydrogen-bond acceptors (Lipinski definition) is 7. The van der Waals surface area contributed by atoms with Crippen LogP contribution in [0.5, 0.6) is 0 Å². The monoisotopic (exact) mass is 356 g/mol. The fraction of sp³-hybridized carbons (Fsp3) is 0.125. The number of benzene rings is 1. The van der Waals surface area contributed by atoms with Crippen LogP contribution in [0.15, 0.2) is 45.1 Å². The van der Waals surface area contributed by atoms with Gasteiger partial charge in [-0.05, 0) is 31.2 Å². The second kappa shape index (κ2) is 5.99. The van der Waals surface area contributed by atoms with Crippen LogP contribution in [-0.4, -0.2) is 20.2 Å². The van der Waals surface area contributed by atoms with E-state index in [1.54, 1.807) is 34.4 Å². The van der Waals surface area contributed by atoms with E-state index in [0.29, 0.717) is 0 Å². The van der Waals surface area contributed by atoms with Gasteiger partial charge in [-0.1, -0.05) is 41.7 Å². The van der Waals surface area contributed by atoms with E-state index in [9.17, 15) is 0 Å². The Balaban J connectivity index is 1.90. The first-order chi connectivity index (χ1) is 11.2. The lowest BCUT2D eigenvalue weighted by Gasteiger charge is -2.05. The Morgan fingerprint density at radius 2 is 1.83 bits per heavy atom. The van der Waals surface area contributed by atoms with Gasteiger partial charge in [-0.3, -0.25) is 0 Å². The summed E-state index contributed by atoms with van der Waals surface area (Å²) >= 11 is 4.81. The number of nitrogens with zero attached hydrogens (tertiary/aromatic N) is 4. The van der Waals surface area contributed by atoms with Gasteiger partial charge < -0.3 is 0 Å². The highest BCUT2D eigenvalue weighted by atomic mass is 32.2. The number of hydrogen-bond donors (Lipinski definition) is 0. The van der Waals surface area contributed by atoms with Crippen molar-refractivity contribution in [2.45, 2.75) is 23.2 Å². The van der Waals surface area contributed by atoms with Crippen molar-refractivity contribution in [2.75, 3.05) is 0 Å². The molecule has 0 radical (unpaired) electrons. The molecule has 7 heteroatoms. The number of thiophene rings is 1. The predicted molar refractivity (Wildman–Crippen MR) is 96.4 cm³/mol. The van der Waals surface area contributed by atoms with Crippen LogP contribution in [0.2, 0.25) is 0 Å². The normalized spacial score (nSPS) is 11.2. The predicted octanol–water partition coefficient (Wildman–Crippen LogP) is 4.98. The minimum Gasteiger partial charge on any atom is -0.226 e. The lowest BCUT2D eigenvalue weighted by Crippen LogP contribution is -1.91. The van der Waals surface area contributed by atoms with Crippen molar-refractivity contribution in [2.24, 2.45) is 0 Å². The molecular formula is C16H12N4S3. The minimum absolute atomic E-state index is 0.780. The molecule has 0 aliphatic heterocycles. The van der Waals surface area contributed by atoms with Crippen molar-refractivity contribution in [3.05, 3.63) is 46.5 Å². The van der Waals surface area contributed by atoms with Gasteiger partial charge in [0.1, 0.15) is 20.7 Å². The minimum atomic E-state index is 0.780. The lowest BCUT2D eigenvalue weighted by molar-refractivity contribution is 0.975. The summed E-state index contributed by atoms with van der Waals surface area (Å²) in [6.45, 7) is 3.89. The molecule has 1 aromatic carbocycles. The SMILES string of the molecule is Cc1nc(Sc2nnc(C)s2)c2c(-c3ccccc3)csc2n1. The van der Waals surface area contributed by atoms with E-state index < -0.39 is 0 Å². The number of fused-ring (bicyclic) bond motifs is 1. The average molecular weight is 357 g/mol. The first-order valence-corrected chi connectivity index (χ1v) is 9.51. The topological polar surface area (TPSA) is 51.6 Å². The second-order valence-electron chi connectivity index (χ2n) is 4.96. The molecule has 3 aromatic heterocycles. The zero-order chi connectivity index (χ0) is 15.8. The quantitative estimate of drug-likeness (QED) is 0.485. The van der Waals surface area contributed by atoms with Gasteiger partial charge in [-0.15, -0.1) is 21.5 Å². The molecule has 0 fully saturated rings. The zero-order valence-electron chi connectivity index (χ0n) is 12.5. The molecule has 23 heavy (non-hydrogen) atoms. The standard InChI is InChI=1S/C16H12N4S3/c1-9-17-14-13(12(8-21-14)11-6-4-3-5-7-11)15(18-9)23-16-20-19-10(2)22-16/h3-8H,1-2H3. The van der Waals surface area contributed by atoms with Gasteiger partial charge in [0.25, 0.3) is 0 Å². The molecule has 4 rings (SSSR count). The van der Waals surface area contributed by atoms with Crippen molar-refractivity contribution in [1.29, 1.82) is 0 Å². The van der Waals surface area contributed by atoms with Crippen molar-refractivity contribution in [1.82, 2.24) is 20.2 Å². The Hall–Kier alpha value is -1.83. The summed E-state index contributed by atoms with van der Waals surface area (Å²) in [5.74, 6) is 0.780. The molecular weight excluding hydrogens is 344 g/mol. The molecule has 4 nitrogen and oxygen atoms in total. The van der Waals surface area contributed by atoms with E-state index in [-0.39, 0.29) is 0 Å². The summed E-state index contributed by atoms with van der Waals surface area (Å²) in [4.78, 5) is 10.3. The number of rotatable bonds is 3. The molecule has 0 bridgehead atoms. The number of aryl methyl sites for hydroxylation is 2. The van der Waals surface area contributed by atoms with Crippen LogP contribution in [0.1, 0.15) is 10.8 Å². The third-order valence-corrected chi connectivity index (χ3v) is 6.04. The maximum absolute atomic E-state index is 4.66. The Morgan fingerprint density at radius 3 is 2.57 bits per heavy atom. The fourth-order valence-electron chi connectivity index (χ4n) is 2.32. The van der Waals surface area contributed by atoms with Crippen LogP contribution in [0.3, 0.4) is 0 Å². The van der Waals surface area contributed by atoms with Crippen molar-refractivity contribution in [3.63, 3.8) is 0 Å². The van der Waals surface area contributed by atoms with E-state index in [1.165, 1.54) is 11.1 Å². The molecule has 114 valence electrons. The van der Waals surface area contributed by atoms with Crippen LogP contribution in [0.25, 0.3) is 21.3 Å². The van der Waals surface area contributed by atoms with Gasteiger partial charge in [-0.2, -0.15) is 0 Å². The highest BCUT2D eigenvalue weighted by molar-refractivity contribution is 8.01. The molecule has 4 aromatic rings. The van der Waals surface area contributed by atoms with Crippen LogP contribution < -0.4 is 0 Å². The third kappa shape index (κ3) is 2.87. The van der Waals surface area contributed by atoms with E-state index in [1.807, 2.05) is 19.9 Å². The first-order valence-electron chi connectivity index (χ1n) is 7.00. The summed E-state index contributed by atoms with van der Waals surface area (Å²) in [5, 5.41) is 13.5. The number of aromatic nitrogens is 4. The third-order valence-electron chi connectivity index (χ3n) is 3.29. The molecule has 0 amide bonds. The van der Waals surface area contributed by atoms with Crippen molar-refractivity contribution in [3.8, 4) is 11.1 Å². The first kappa shape index (κ1) is 14.7. The zero-order valence-corrected chi connectivity index (χ0v) is 14.9. The highest BCUT2D eigenvalue weighted by Gasteiger charge is 2.16. The maximum atomic E-state index is 4.66. The molecule has 0 aliphatic rings. The summed E-state index contributed by atoms with van der Waals surface area (Å²) in [6, 6.07) is 10.4. The van der Waals surface area contributed by atoms with E-state index in [0.717, 1.165) is 30.4 Å². The Labute approximate surface area is 145 Å². The van der Waals surface area contributed by atoms with Gasteiger partial charge in [0, 0.05) is 10.9 Å². The fourth-order valence-corrected chi connectivity index (χ4v) is 5.29. The van der Waals surface area contributed by atoms with Gasteiger partial charge in [0.2, 0.25) is 0 Å². The van der Waals surface area contributed by atoms with Gasteiger partial charge >= 0.3 is 0 Å². The van der Waals surface area contributed by atoms with Crippen molar-refractivity contribution >= 4 is 44.7 Å². The Bertz CT molecular complexity index is 976. The highest BCUT2D eigenvalue weighted by Crippen LogP contribution is 2.40. The summed E-state index contributed by atoms with van der Waals surface area (Å²) in [7, 11) is 0. The van der Waals surface area contributed by atoms with Crippen molar-refractivity contribution < 1.29 is 0 Å². The van der Waals surface area contributed by atoms with Gasteiger partial charge in [0.15, 0.2) is 4.34 Å². The van der Waals surface area contributed by atoms with Gasteiger partial charge in [0.05, 0.1) is 5.39 Å². The van der Waals surface area contributed by atoms with Crippen LogP contribution >= 0.6 is 34.4 Å². The molecule has 0 aliphatic carbocycles. The summed E-state index contributed by atoms with van der Waals surface area (Å²) in [5.41, 5.74) is 2.36. The molecule has 3 heterocycles. The summed E-state index contributed by atoms with van der Waals surface area (Å²) < 4.78 is 0.909. The average Bonchev–Trinajstić information content (AvgIpc) is 3.14. The Kier molecular flexibility index (Phi) is 3.84. The molecule has 0 saturated heterocycles. The molecule has 0 saturated carbocycles.